The summed E-state index contributed by atoms with van der Waals surface area (Å²) in [5.41, 5.74) is 0.596. The SMILES string of the molecule is CCS(=O)(=O)C1(COc2nncc3cc(C(=O)NCc4ccc(Cl)cc4)c(=O)n(C)c23)CC1. The van der Waals surface area contributed by atoms with Crippen LogP contribution in [0.15, 0.2) is 41.3 Å². The highest BCUT2D eigenvalue weighted by Gasteiger charge is 2.54. The number of sulfone groups is 1. The number of carbonyl (C=O) groups is 1. The number of hydrogen-bond donors (Lipinski definition) is 1. The second-order valence-electron chi connectivity index (χ2n) is 8.06. The number of fused-ring (bicyclic) bond motifs is 1. The van der Waals surface area contributed by atoms with Crippen LogP contribution in [0.2, 0.25) is 5.02 Å². The molecule has 1 amide bonds. The Labute approximate surface area is 195 Å². The fraction of sp³-hybridized carbons (Fsp3) is 0.364. The molecule has 174 valence electrons. The lowest BCUT2D eigenvalue weighted by molar-refractivity contribution is 0.0949. The smallest absolute Gasteiger partial charge is 0.263 e. The van der Waals surface area contributed by atoms with Gasteiger partial charge in [0.15, 0.2) is 9.84 Å². The second kappa shape index (κ2) is 8.75. The Morgan fingerprint density at radius 3 is 2.61 bits per heavy atom. The first-order valence-corrected chi connectivity index (χ1v) is 12.4. The molecule has 4 rings (SSSR count). The Balaban J connectivity index is 1.59. The maximum atomic E-state index is 12.9. The van der Waals surface area contributed by atoms with Crippen LogP contribution in [0.1, 0.15) is 35.7 Å². The van der Waals surface area contributed by atoms with Crippen LogP contribution in [0.5, 0.6) is 5.88 Å². The van der Waals surface area contributed by atoms with Crippen LogP contribution in [0.25, 0.3) is 10.9 Å². The van der Waals surface area contributed by atoms with E-state index in [1.165, 1.54) is 23.9 Å². The quantitative estimate of drug-likeness (QED) is 0.514. The van der Waals surface area contributed by atoms with Crippen molar-refractivity contribution in [2.75, 3.05) is 12.4 Å². The topological polar surface area (TPSA) is 120 Å². The van der Waals surface area contributed by atoms with E-state index in [4.69, 9.17) is 16.3 Å². The number of carbonyl (C=O) groups excluding carboxylic acids is 1. The van der Waals surface area contributed by atoms with Crippen molar-refractivity contribution in [2.45, 2.75) is 31.1 Å². The maximum absolute atomic E-state index is 12.9. The van der Waals surface area contributed by atoms with Crippen molar-refractivity contribution in [2.24, 2.45) is 7.05 Å². The third-order valence-electron chi connectivity index (χ3n) is 5.92. The standard InChI is InChI=1S/C22H23ClN4O5S/c1-3-33(30,31)22(8-9-22)13-32-20-18-15(12-25-26-20)10-17(21(29)27(18)2)19(28)24-11-14-4-6-16(23)7-5-14/h4-7,10,12H,3,8-9,11,13H2,1-2H3,(H,24,28). The highest BCUT2D eigenvalue weighted by Crippen LogP contribution is 2.44. The maximum Gasteiger partial charge on any atom is 0.263 e. The predicted octanol–water partition coefficient (Wildman–Crippen LogP) is 2.26. The number of pyridine rings is 1. The van der Waals surface area contributed by atoms with E-state index in [1.54, 1.807) is 31.2 Å². The van der Waals surface area contributed by atoms with E-state index in [2.05, 4.69) is 15.5 Å². The Morgan fingerprint density at radius 2 is 1.97 bits per heavy atom. The molecule has 9 nitrogen and oxygen atoms in total. The van der Waals surface area contributed by atoms with Crippen LogP contribution in [-0.4, -0.2) is 46.2 Å². The second-order valence-corrected chi connectivity index (χ2v) is 11.2. The van der Waals surface area contributed by atoms with Gasteiger partial charge in [-0.05, 0) is 36.6 Å². The van der Waals surface area contributed by atoms with E-state index in [0.29, 0.717) is 28.8 Å². The zero-order valence-electron chi connectivity index (χ0n) is 18.2. The first-order valence-electron chi connectivity index (χ1n) is 10.4. The van der Waals surface area contributed by atoms with E-state index in [1.807, 2.05) is 0 Å². The molecular formula is C22H23ClN4O5S. The van der Waals surface area contributed by atoms with Gasteiger partial charge in [0.05, 0.1) is 6.20 Å². The summed E-state index contributed by atoms with van der Waals surface area (Å²) in [5, 5.41) is 11.7. The van der Waals surface area contributed by atoms with Gasteiger partial charge in [-0.25, -0.2) is 8.42 Å². The van der Waals surface area contributed by atoms with Crippen LogP contribution in [0.3, 0.4) is 0 Å². The fourth-order valence-electron chi connectivity index (χ4n) is 3.65. The molecule has 33 heavy (non-hydrogen) atoms. The number of nitrogens with one attached hydrogen (secondary N) is 1. The zero-order valence-corrected chi connectivity index (χ0v) is 19.7. The lowest BCUT2D eigenvalue weighted by Crippen LogP contribution is -2.33. The van der Waals surface area contributed by atoms with Gasteiger partial charge >= 0.3 is 0 Å². The first-order chi connectivity index (χ1) is 15.7. The van der Waals surface area contributed by atoms with E-state index in [0.717, 1.165) is 5.56 Å². The average Bonchev–Trinajstić information content (AvgIpc) is 3.61. The van der Waals surface area contributed by atoms with Gasteiger partial charge in [-0.1, -0.05) is 30.7 Å². The number of halogens is 1. The summed E-state index contributed by atoms with van der Waals surface area (Å²) in [6.45, 7) is 1.78. The van der Waals surface area contributed by atoms with Crippen molar-refractivity contribution >= 4 is 38.2 Å². The minimum atomic E-state index is -3.28. The van der Waals surface area contributed by atoms with Gasteiger partial charge in [0.25, 0.3) is 17.3 Å². The molecule has 2 heterocycles. The Kier molecular flexibility index (Phi) is 6.15. The van der Waals surface area contributed by atoms with Crippen molar-refractivity contribution in [3.8, 4) is 5.88 Å². The number of benzene rings is 1. The molecule has 11 heteroatoms. The average molecular weight is 491 g/mol. The molecule has 0 unspecified atom stereocenters. The first kappa shape index (κ1) is 23.2. The van der Waals surface area contributed by atoms with Crippen molar-refractivity contribution in [1.29, 1.82) is 0 Å². The summed E-state index contributed by atoms with van der Waals surface area (Å²) < 4.78 is 30.9. The Hall–Kier alpha value is -2.98. The van der Waals surface area contributed by atoms with Crippen LogP contribution in [0, 0.1) is 0 Å². The van der Waals surface area contributed by atoms with Gasteiger partial charge in [-0.3, -0.25) is 9.59 Å². The van der Waals surface area contributed by atoms with Crippen LogP contribution in [-0.2, 0) is 23.4 Å². The van der Waals surface area contributed by atoms with E-state index >= 15 is 0 Å². The molecule has 0 bridgehead atoms. The van der Waals surface area contributed by atoms with Crippen molar-refractivity contribution in [3.63, 3.8) is 0 Å². The monoisotopic (exact) mass is 490 g/mol. The minimum Gasteiger partial charge on any atom is -0.473 e. The van der Waals surface area contributed by atoms with Gasteiger partial charge in [0.2, 0.25) is 0 Å². The van der Waals surface area contributed by atoms with Crippen LogP contribution in [0.4, 0.5) is 0 Å². The number of nitrogens with zero attached hydrogens (tertiary/aromatic N) is 3. The fourth-order valence-corrected chi connectivity index (χ4v) is 5.35. The summed E-state index contributed by atoms with van der Waals surface area (Å²) >= 11 is 5.87. The number of aromatic nitrogens is 3. The van der Waals surface area contributed by atoms with Crippen LogP contribution >= 0.6 is 11.6 Å². The normalized spacial score (nSPS) is 14.8. The van der Waals surface area contributed by atoms with Gasteiger partial charge in [-0.15, -0.1) is 5.10 Å². The lowest BCUT2D eigenvalue weighted by Gasteiger charge is -2.17. The molecule has 3 aromatic rings. The predicted molar refractivity (Wildman–Crippen MR) is 124 cm³/mol. The zero-order chi connectivity index (χ0) is 23.8. The summed E-state index contributed by atoms with van der Waals surface area (Å²) in [6, 6.07) is 8.44. The molecule has 0 spiro atoms. The number of rotatable bonds is 8. The van der Waals surface area contributed by atoms with E-state index in [-0.39, 0.29) is 30.3 Å². The molecule has 1 aromatic carbocycles. The molecule has 0 atom stereocenters. The molecule has 0 aliphatic heterocycles. The molecule has 0 radical (unpaired) electrons. The van der Waals surface area contributed by atoms with Gasteiger partial charge < -0.3 is 14.6 Å². The Morgan fingerprint density at radius 1 is 1.27 bits per heavy atom. The summed E-state index contributed by atoms with van der Waals surface area (Å²) in [4.78, 5) is 25.6. The molecule has 1 N–H and O–H groups in total. The molecule has 1 aliphatic rings. The Bertz CT molecular complexity index is 1380. The van der Waals surface area contributed by atoms with E-state index in [9.17, 15) is 18.0 Å². The van der Waals surface area contributed by atoms with Crippen molar-refractivity contribution in [3.05, 3.63) is 63.0 Å². The number of hydrogen-bond acceptors (Lipinski definition) is 7. The lowest BCUT2D eigenvalue weighted by atomic mass is 10.1. The van der Waals surface area contributed by atoms with Gasteiger partial charge in [0.1, 0.15) is 22.4 Å². The highest BCUT2D eigenvalue weighted by atomic mass is 35.5. The largest absolute Gasteiger partial charge is 0.473 e. The van der Waals surface area contributed by atoms with Gasteiger partial charge in [0, 0.05) is 29.8 Å². The molecule has 1 saturated carbocycles. The molecular weight excluding hydrogens is 468 g/mol. The van der Waals surface area contributed by atoms with Gasteiger partial charge in [-0.2, -0.15) is 5.10 Å². The minimum absolute atomic E-state index is 0.0323. The van der Waals surface area contributed by atoms with Crippen molar-refractivity contribution < 1.29 is 17.9 Å². The molecule has 0 saturated heterocycles. The summed E-state index contributed by atoms with van der Waals surface area (Å²) in [6.07, 6.45) is 2.48. The molecule has 1 fully saturated rings. The van der Waals surface area contributed by atoms with E-state index < -0.39 is 26.1 Å². The number of aryl methyl sites for hydroxylation is 1. The molecule has 2 aromatic heterocycles. The number of ether oxygens (including phenoxy) is 1. The van der Waals surface area contributed by atoms with Crippen LogP contribution < -0.4 is 15.6 Å². The highest BCUT2D eigenvalue weighted by molar-refractivity contribution is 7.93. The third-order valence-corrected chi connectivity index (χ3v) is 8.78. The summed E-state index contributed by atoms with van der Waals surface area (Å²) in [5.74, 6) is -0.444. The number of amides is 1. The molecule has 1 aliphatic carbocycles. The summed E-state index contributed by atoms with van der Waals surface area (Å²) in [7, 11) is -1.78. The van der Waals surface area contributed by atoms with Crippen molar-refractivity contribution in [1.82, 2.24) is 20.1 Å². The third kappa shape index (κ3) is 4.45.